The molecule has 0 spiro atoms. The molecule has 23 heavy (non-hydrogen) atoms. The number of benzene rings is 1. The van der Waals surface area contributed by atoms with Gasteiger partial charge in [-0.2, -0.15) is 5.10 Å². The van der Waals surface area contributed by atoms with Crippen molar-refractivity contribution in [2.45, 2.75) is 32.2 Å². The largest absolute Gasteiger partial charge is 0.304 e. The Bertz CT molecular complexity index is 684. The molecule has 1 fully saturated rings. The van der Waals surface area contributed by atoms with E-state index in [1.54, 1.807) is 6.33 Å². The molecule has 2 heterocycles. The molecule has 1 aromatic heterocycles. The van der Waals surface area contributed by atoms with Crippen molar-refractivity contribution >= 4 is 0 Å². The first kappa shape index (κ1) is 14.8. The lowest BCUT2D eigenvalue weighted by Crippen LogP contribution is -2.45. The molecule has 1 aliphatic carbocycles. The molecular weight excluding hydrogens is 286 g/mol. The van der Waals surface area contributed by atoms with Crippen molar-refractivity contribution in [3.8, 4) is 5.69 Å². The first-order chi connectivity index (χ1) is 11.2. The average molecular weight is 311 g/mol. The molecule has 0 N–H and O–H groups in total. The zero-order chi connectivity index (χ0) is 15.8. The minimum atomic E-state index is 0.291. The Morgan fingerprint density at radius 1 is 1.04 bits per heavy atom. The molecule has 1 aliphatic heterocycles. The van der Waals surface area contributed by atoms with Crippen molar-refractivity contribution in [3.05, 3.63) is 41.5 Å². The van der Waals surface area contributed by atoms with Gasteiger partial charge in [-0.05, 0) is 56.5 Å². The zero-order valence-electron chi connectivity index (χ0n) is 14.1. The molecule has 2 aliphatic rings. The predicted octanol–water partition coefficient (Wildman–Crippen LogP) is 2.06. The van der Waals surface area contributed by atoms with Crippen molar-refractivity contribution in [2.24, 2.45) is 0 Å². The van der Waals surface area contributed by atoms with Crippen LogP contribution < -0.4 is 0 Å². The van der Waals surface area contributed by atoms with Gasteiger partial charge < -0.3 is 4.90 Å². The van der Waals surface area contributed by atoms with Crippen LogP contribution in [0.25, 0.3) is 5.69 Å². The molecule has 0 saturated carbocycles. The Kier molecular flexibility index (Phi) is 3.91. The summed E-state index contributed by atoms with van der Waals surface area (Å²) in [6, 6.07) is 7.05. The number of fused-ring (bicyclic) bond motifs is 1. The third kappa shape index (κ3) is 2.79. The minimum absolute atomic E-state index is 0.291. The van der Waals surface area contributed by atoms with Crippen LogP contribution in [-0.4, -0.2) is 57.8 Å². The Morgan fingerprint density at radius 3 is 2.65 bits per heavy atom. The number of likely N-dealkylation sites (N-methyl/N-ethyl adjacent to an activating group) is 1. The topological polar surface area (TPSA) is 37.2 Å². The molecule has 5 heteroatoms. The van der Waals surface area contributed by atoms with Crippen molar-refractivity contribution in [3.63, 3.8) is 0 Å². The fourth-order valence-electron chi connectivity index (χ4n) is 3.80. The second-order valence-corrected chi connectivity index (χ2v) is 6.85. The van der Waals surface area contributed by atoms with Crippen molar-refractivity contribution in [2.75, 3.05) is 33.2 Å². The van der Waals surface area contributed by atoms with Crippen LogP contribution in [0.15, 0.2) is 24.5 Å². The van der Waals surface area contributed by atoms with Gasteiger partial charge in [-0.15, -0.1) is 0 Å². The second-order valence-electron chi connectivity index (χ2n) is 6.85. The monoisotopic (exact) mass is 311 g/mol. The van der Waals surface area contributed by atoms with Crippen LogP contribution in [0.1, 0.15) is 36.3 Å². The van der Waals surface area contributed by atoms with Crippen LogP contribution in [0, 0.1) is 0 Å². The lowest BCUT2D eigenvalue weighted by atomic mass is 10.1. The van der Waals surface area contributed by atoms with Gasteiger partial charge in [0.15, 0.2) is 0 Å². The van der Waals surface area contributed by atoms with Gasteiger partial charge in [0.1, 0.15) is 12.2 Å². The third-order valence-electron chi connectivity index (χ3n) is 5.36. The van der Waals surface area contributed by atoms with Crippen molar-refractivity contribution < 1.29 is 0 Å². The maximum atomic E-state index is 4.58. The smallest absolute Gasteiger partial charge is 0.149 e. The standard InChI is InChI=1S/C18H25N5/c1-14(22-10-8-21(2)9-11-22)18-19-13-20-23(18)17-7-6-15-4-3-5-16(15)12-17/h6-7,12-14H,3-5,8-11H2,1-2H3. The van der Waals surface area contributed by atoms with Crippen molar-refractivity contribution in [1.29, 1.82) is 0 Å². The van der Waals surface area contributed by atoms with Crippen LogP contribution in [-0.2, 0) is 12.8 Å². The SMILES string of the molecule is CC(c1ncnn1-c1ccc2c(c1)CCC2)N1CCN(C)CC1. The number of nitrogens with zero attached hydrogens (tertiary/aromatic N) is 5. The van der Waals surface area contributed by atoms with Crippen LogP contribution >= 0.6 is 0 Å². The molecule has 1 aromatic carbocycles. The van der Waals surface area contributed by atoms with Crippen LogP contribution in [0.2, 0.25) is 0 Å². The first-order valence-electron chi connectivity index (χ1n) is 8.67. The first-order valence-corrected chi connectivity index (χ1v) is 8.67. The van der Waals surface area contributed by atoms with E-state index in [0.29, 0.717) is 6.04 Å². The van der Waals surface area contributed by atoms with Gasteiger partial charge >= 0.3 is 0 Å². The number of aryl methyl sites for hydroxylation is 2. The molecule has 122 valence electrons. The lowest BCUT2D eigenvalue weighted by molar-refractivity contribution is 0.114. The van der Waals surface area contributed by atoms with Gasteiger partial charge in [0, 0.05) is 26.2 Å². The normalized spacial score (nSPS) is 20.6. The van der Waals surface area contributed by atoms with Gasteiger partial charge in [-0.3, -0.25) is 4.90 Å². The summed E-state index contributed by atoms with van der Waals surface area (Å²) >= 11 is 0. The molecule has 5 nitrogen and oxygen atoms in total. The third-order valence-corrected chi connectivity index (χ3v) is 5.36. The lowest BCUT2D eigenvalue weighted by Gasteiger charge is -2.36. The Balaban J connectivity index is 1.61. The Hall–Kier alpha value is -1.72. The quantitative estimate of drug-likeness (QED) is 0.869. The fraction of sp³-hybridized carbons (Fsp3) is 0.556. The summed E-state index contributed by atoms with van der Waals surface area (Å²) in [5, 5.41) is 4.51. The minimum Gasteiger partial charge on any atom is -0.304 e. The number of hydrogen-bond donors (Lipinski definition) is 0. The highest BCUT2D eigenvalue weighted by molar-refractivity contribution is 5.42. The summed E-state index contributed by atoms with van der Waals surface area (Å²) in [6.07, 6.45) is 5.38. The van der Waals surface area contributed by atoms with E-state index in [-0.39, 0.29) is 0 Å². The van der Waals surface area contributed by atoms with Crippen molar-refractivity contribution in [1.82, 2.24) is 24.6 Å². The Morgan fingerprint density at radius 2 is 1.83 bits per heavy atom. The van der Waals surface area contributed by atoms with E-state index in [1.165, 1.54) is 30.4 Å². The molecule has 4 rings (SSSR count). The highest BCUT2D eigenvalue weighted by Gasteiger charge is 2.24. The summed E-state index contributed by atoms with van der Waals surface area (Å²) in [4.78, 5) is 9.47. The second kappa shape index (κ2) is 6.06. The molecule has 0 amide bonds. The van der Waals surface area contributed by atoms with E-state index in [4.69, 9.17) is 0 Å². The maximum Gasteiger partial charge on any atom is 0.149 e. The number of hydrogen-bond acceptors (Lipinski definition) is 4. The van der Waals surface area contributed by atoms with Gasteiger partial charge in [0.25, 0.3) is 0 Å². The summed E-state index contributed by atoms with van der Waals surface area (Å²) in [5.74, 6) is 1.05. The summed E-state index contributed by atoms with van der Waals surface area (Å²) in [5.41, 5.74) is 4.14. The van der Waals surface area contributed by atoms with Gasteiger partial charge in [-0.25, -0.2) is 9.67 Å². The number of piperazine rings is 1. The van der Waals surface area contributed by atoms with Gasteiger partial charge in [0.2, 0.25) is 0 Å². The molecule has 0 bridgehead atoms. The number of rotatable bonds is 3. The summed E-state index contributed by atoms with van der Waals surface area (Å²) in [6.45, 7) is 6.68. The summed E-state index contributed by atoms with van der Waals surface area (Å²) < 4.78 is 2.03. The van der Waals surface area contributed by atoms with Crippen LogP contribution in [0.5, 0.6) is 0 Å². The highest BCUT2D eigenvalue weighted by Crippen LogP contribution is 2.26. The van der Waals surface area contributed by atoms with E-state index in [0.717, 1.165) is 37.7 Å². The van der Waals surface area contributed by atoms with E-state index < -0.39 is 0 Å². The molecule has 0 radical (unpaired) electrons. The van der Waals surface area contributed by atoms with E-state index in [2.05, 4.69) is 52.1 Å². The van der Waals surface area contributed by atoms with Crippen LogP contribution in [0.4, 0.5) is 0 Å². The van der Waals surface area contributed by atoms with Crippen LogP contribution in [0.3, 0.4) is 0 Å². The molecule has 1 atom stereocenters. The van der Waals surface area contributed by atoms with E-state index in [9.17, 15) is 0 Å². The average Bonchev–Trinajstić information content (AvgIpc) is 3.23. The molecule has 1 unspecified atom stereocenters. The predicted molar refractivity (Wildman–Crippen MR) is 90.9 cm³/mol. The van der Waals surface area contributed by atoms with Gasteiger partial charge in [0.05, 0.1) is 11.7 Å². The fourth-order valence-corrected chi connectivity index (χ4v) is 3.80. The summed E-state index contributed by atoms with van der Waals surface area (Å²) in [7, 11) is 2.19. The maximum absolute atomic E-state index is 4.58. The number of aromatic nitrogens is 3. The van der Waals surface area contributed by atoms with E-state index >= 15 is 0 Å². The van der Waals surface area contributed by atoms with Gasteiger partial charge in [-0.1, -0.05) is 6.07 Å². The molecule has 2 aromatic rings. The molecule has 1 saturated heterocycles. The molecular formula is C18H25N5. The zero-order valence-corrected chi connectivity index (χ0v) is 14.1. The highest BCUT2D eigenvalue weighted by atomic mass is 15.4. The van der Waals surface area contributed by atoms with E-state index in [1.807, 2.05) is 4.68 Å². The Labute approximate surface area is 137 Å².